The van der Waals surface area contributed by atoms with Crippen LogP contribution in [0, 0.1) is 0 Å². The van der Waals surface area contributed by atoms with Crippen LogP contribution in [-0.2, 0) is 16.6 Å². The maximum atomic E-state index is 11.1. The molecule has 5 nitrogen and oxygen atoms in total. The molecule has 0 aliphatic rings. The van der Waals surface area contributed by atoms with Crippen LogP contribution in [0.5, 0.6) is 0 Å². The summed E-state index contributed by atoms with van der Waals surface area (Å²) in [7, 11) is -3.25. The Balaban J connectivity index is 2.03. The molecule has 0 spiro atoms. The molecule has 1 aromatic carbocycles. The highest BCUT2D eigenvalue weighted by molar-refractivity contribution is 7.92. The Morgan fingerprint density at radius 3 is 2.61 bits per heavy atom. The molecule has 0 amide bonds. The van der Waals surface area contributed by atoms with Crippen LogP contribution < -0.4 is 10.0 Å². The number of hydrogen-bond acceptors (Lipinski definition) is 4. The van der Waals surface area contributed by atoms with Crippen molar-refractivity contribution in [1.29, 1.82) is 0 Å². The minimum Gasteiger partial charge on any atom is -0.467 e. The molecule has 0 bridgehead atoms. The van der Waals surface area contributed by atoms with Crippen LogP contribution in [0.3, 0.4) is 0 Å². The molecule has 1 aromatic heterocycles. The maximum absolute atomic E-state index is 11.1. The van der Waals surface area contributed by atoms with Gasteiger partial charge in [-0.1, -0.05) is 6.07 Å². The van der Waals surface area contributed by atoms with Crippen LogP contribution in [0.1, 0.15) is 5.76 Å². The van der Waals surface area contributed by atoms with Crippen molar-refractivity contribution in [2.45, 2.75) is 6.54 Å². The van der Waals surface area contributed by atoms with Gasteiger partial charge in [-0.3, -0.25) is 4.72 Å². The molecular formula is C12H14N2O3S. The number of anilines is 2. The highest BCUT2D eigenvalue weighted by atomic mass is 32.2. The zero-order valence-electron chi connectivity index (χ0n) is 9.88. The lowest BCUT2D eigenvalue weighted by Gasteiger charge is -2.08. The largest absolute Gasteiger partial charge is 0.467 e. The van der Waals surface area contributed by atoms with Gasteiger partial charge in [-0.2, -0.15) is 0 Å². The molecule has 0 aliphatic carbocycles. The van der Waals surface area contributed by atoms with E-state index in [0.29, 0.717) is 12.2 Å². The second-order valence-corrected chi connectivity index (χ2v) is 5.64. The van der Waals surface area contributed by atoms with Crippen molar-refractivity contribution in [3.8, 4) is 0 Å². The molecule has 0 saturated carbocycles. The second-order valence-electron chi connectivity index (χ2n) is 3.89. The van der Waals surface area contributed by atoms with Gasteiger partial charge in [-0.15, -0.1) is 0 Å². The predicted molar refractivity (Wildman–Crippen MR) is 70.9 cm³/mol. The van der Waals surface area contributed by atoms with E-state index in [9.17, 15) is 8.42 Å². The zero-order valence-corrected chi connectivity index (χ0v) is 10.7. The molecule has 2 aromatic rings. The molecule has 96 valence electrons. The summed E-state index contributed by atoms with van der Waals surface area (Å²) in [6.45, 7) is 0.551. The van der Waals surface area contributed by atoms with Crippen molar-refractivity contribution in [3.63, 3.8) is 0 Å². The lowest BCUT2D eigenvalue weighted by Crippen LogP contribution is -2.09. The third-order valence-corrected chi connectivity index (χ3v) is 2.82. The molecule has 2 rings (SSSR count). The molecule has 0 atom stereocenters. The lowest BCUT2D eigenvalue weighted by molar-refractivity contribution is 0.518. The molecule has 0 saturated heterocycles. The first kappa shape index (κ1) is 12.5. The Kier molecular flexibility index (Phi) is 3.57. The van der Waals surface area contributed by atoms with E-state index in [4.69, 9.17) is 4.42 Å². The van der Waals surface area contributed by atoms with Gasteiger partial charge in [0.15, 0.2) is 0 Å². The van der Waals surface area contributed by atoms with Crippen molar-refractivity contribution < 1.29 is 12.8 Å². The number of rotatable bonds is 5. The Hall–Kier alpha value is -1.95. The van der Waals surface area contributed by atoms with E-state index in [0.717, 1.165) is 17.7 Å². The molecule has 0 aliphatic heterocycles. The Bertz CT molecular complexity index is 606. The standard InChI is InChI=1S/C12H14N2O3S/c1-18(15,16)14-11-5-2-4-10(8-11)13-9-12-6-3-7-17-12/h2-8,13-14H,9H2,1H3. The van der Waals surface area contributed by atoms with Gasteiger partial charge in [0.1, 0.15) is 5.76 Å². The van der Waals surface area contributed by atoms with Gasteiger partial charge in [-0.25, -0.2) is 8.42 Å². The number of sulfonamides is 1. The molecule has 1 heterocycles. The summed E-state index contributed by atoms with van der Waals surface area (Å²) < 4.78 is 29.8. The van der Waals surface area contributed by atoms with E-state index in [-0.39, 0.29) is 0 Å². The fraction of sp³-hybridized carbons (Fsp3) is 0.167. The summed E-state index contributed by atoms with van der Waals surface area (Å²) in [6, 6.07) is 10.7. The lowest BCUT2D eigenvalue weighted by atomic mass is 10.3. The zero-order chi connectivity index (χ0) is 13.0. The first-order chi connectivity index (χ1) is 8.53. The van der Waals surface area contributed by atoms with E-state index in [1.807, 2.05) is 18.2 Å². The summed E-state index contributed by atoms with van der Waals surface area (Å²) in [5, 5.41) is 3.14. The average molecular weight is 266 g/mol. The van der Waals surface area contributed by atoms with Crippen LogP contribution in [0.25, 0.3) is 0 Å². The van der Waals surface area contributed by atoms with Crippen LogP contribution >= 0.6 is 0 Å². The number of hydrogen-bond donors (Lipinski definition) is 2. The van der Waals surface area contributed by atoms with Crippen LogP contribution in [0.15, 0.2) is 47.1 Å². The topological polar surface area (TPSA) is 71.3 Å². The van der Waals surface area contributed by atoms with Gasteiger partial charge >= 0.3 is 0 Å². The van der Waals surface area contributed by atoms with Gasteiger partial charge in [0, 0.05) is 5.69 Å². The van der Waals surface area contributed by atoms with Gasteiger partial charge in [-0.05, 0) is 30.3 Å². The number of benzene rings is 1. The number of nitrogens with one attached hydrogen (secondary N) is 2. The smallest absolute Gasteiger partial charge is 0.229 e. The van der Waals surface area contributed by atoms with Crippen molar-refractivity contribution in [2.75, 3.05) is 16.3 Å². The van der Waals surface area contributed by atoms with Gasteiger partial charge in [0.2, 0.25) is 10.0 Å². The summed E-state index contributed by atoms with van der Waals surface area (Å²) in [5.74, 6) is 0.816. The molecule has 6 heteroatoms. The van der Waals surface area contributed by atoms with E-state index >= 15 is 0 Å². The minimum atomic E-state index is -3.25. The Morgan fingerprint density at radius 1 is 1.17 bits per heavy atom. The van der Waals surface area contributed by atoms with E-state index < -0.39 is 10.0 Å². The minimum absolute atomic E-state index is 0.530. The van der Waals surface area contributed by atoms with Crippen molar-refractivity contribution >= 4 is 21.4 Å². The van der Waals surface area contributed by atoms with E-state index in [1.54, 1.807) is 24.5 Å². The van der Waals surface area contributed by atoms with E-state index in [2.05, 4.69) is 10.0 Å². The SMILES string of the molecule is CS(=O)(=O)Nc1cccc(NCc2ccco2)c1. The highest BCUT2D eigenvalue weighted by Gasteiger charge is 2.02. The van der Waals surface area contributed by atoms with Crippen LogP contribution in [0.2, 0.25) is 0 Å². The molecule has 18 heavy (non-hydrogen) atoms. The highest BCUT2D eigenvalue weighted by Crippen LogP contribution is 2.16. The fourth-order valence-electron chi connectivity index (χ4n) is 1.51. The van der Waals surface area contributed by atoms with Gasteiger partial charge < -0.3 is 9.73 Å². The molecule has 0 radical (unpaired) electrons. The molecule has 0 unspecified atom stereocenters. The number of furan rings is 1. The van der Waals surface area contributed by atoms with Crippen LogP contribution in [-0.4, -0.2) is 14.7 Å². The summed E-state index contributed by atoms with van der Waals surface area (Å²) >= 11 is 0. The summed E-state index contributed by atoms with van der Waals surface area (Å²) in [6.07, 6.45) is 2.73. The van der Waals surface area contributed by atoms with Gasteiger partial charge in [0.25, 0.3) is 0 Å². The third kappa shape index (κ3) is 3.81. The van der Waals surface area contributed by atoms with Crippen molar-refractivity contribution in [3.05, 3.63) is 48.4 Å². The van der Waals surface area contributed by atoms with Crippen molar-refractivity contribution in [2.24, 2.45) is 0 Å². The first-order valence-electron chi connectivity index (χ1n) is 5.37. The monoisotopic (exact) mass is 266 g/mol. The third-order valence-electron chi connectivity index (χ3n) is 2.21. The quantitative estimate of drug-likeness (QED) is 0.870. The van der Waals surface area contributed by atoms with Crippen molar-refractivity contribution in [1.82, 2.24) is 0 Å². The van der Waals surface area contributed by atoms with Crippen LogP contribution in [0.4, 0.5) is 11.4 Å². The fourth-order valence-corrected chi connectivity index (χ4v) is 2.06. The summed E-state index contributed by atoms with van der Waals surface area (Å²) in [5.41, 5.74) is 1.35. The molecular weight excluding hydrogens is 252 g/mol. The summed E-state index contributed by atoms with van der Waals surface area (Å²) in [4.78, 5) is 0. The first-order valence-corrected chi connectivity index (χ1v) is 7.26. The predicted octanol–water partition coefficient (Wildman–Crippen LogP) is 2.26. The molecule has 0 fully saturated rings. The Morgan fingerprint density at radius 2 is 1.94 bits per heavy atom. The second kappa shape index (κ2) is 5.14. The Labute approximate surface area is 106 Å². The van der Waals surface area contributed by atoms with Gasteiger partial charge in [0.05, 0.1) is 24.8 Å². The normalized spacial score (nSPS) is 11.2. The average Bonchev–Trinajstić information content (AvgIpc) is 2.77. The van der Waals surface area contributed by atoms with E-state index in [1.165, 1.54) is 0 Å². The maximum Gasteiger partial charge on any atom is 0.229 e. The molecule has 2 N–H and O–H groups in total.